The van der Waals surface area contributed by atoms with Gasteiger partial charge in [-0.3, -0.25) is 9.59 Å². The summed E-state index contributed by atoms with van der Waals surface area (Å²) in [5.41, 5.74) is 0. The number of nitrogens with one attached hydrogen (secondary N) is 1. The van der Waals surface area contributed by atoms with Crippen molar-refractivity contribution < 1.29 is 28.6 Å². The number of rotatable bonds is 19. The molecule has 0 spiro atoms. The van der Waals surface area contributed by atoms with Crippen LogP contribution in [0.15, 0.2) is 12.2 Å². The summed E-state index contributed by atoms with van der Waals surface area (Å²) in [4.78, 5) is 34.8. The van der Waals surface area contributed by atoms with Crippen molar-refractivity contribution >= 4 is 18.3 Å². The van der Waals surface area contributed by atoms with E-state index in [0.717, 1.165) is 51.6 Å². The van der Waals surface area contributed by atoms with E-state index in [-0.39, 0.29) is 24.1 Å². The molecule has 0 radical (unpaired) electrons. The van der Waals surface area contributed by atoms with Crippen molar-refractivity contribution in [1.82, 2.24) is 5.32 Å². The molecule has 178 valence electrons. The van der Waals surface area contributed by atoms with E-state index in [1.54, 1.807) is 6.92 Å². The number of hydrogen-bond acceptors (Lipinski definition) is 6. The van der Waals surface area contributed by atoms with E-state index in [0.29, 0.717) is 25.9 Å². The minimum Gasteiger partial charge on any atom is -0.461 e. The van der Waals surface area contributed by atoms with Gasteiger partial charge in [0, 0.05) is 13.0 Å². The number of esters is 2. The SMILES string of the molecule is CCCCCCC1C(=O)OC1CC(CC/C=C/COCCCC)OC(=O)[C@H](C)NC=O. The number of amides is 1. The molecule has 1 aliphatic rings. The quantitative estimate of drug-likeness (QED) is 0.141. The number of cyclic esters (lactones) is 1. The van der Waals surface area contributed by atoms with Crippen molar-refractivity contribution in [2.45, 2.75) is 103 Å². The van der Waals surface area contributed by atoms with Crippen molar-refractivity contribution in [3.8, 4) is 0 Å². The molecule has 0 aromatic heterocycles. The zero-order valence-corrected chi connectivity index (χ0v) is 19.5. The molecule has 1 fully saturated rings. The van der Waals surface area contributed by atoms with Gasteiger partial charge in [0.1, 0.15) is 18.2 Å². The average Bonchev–Trinajstić information content (AvgIpc) is 2.74. The molecule has 0 bridgehead atoms. The Kier molecular flexibility index (Phi) is 14.7. The molecule has 0 saturated carbocycles. The lowest BCUT2D eigenvalue weighted by molar-refractivity contribution is -0.190. The molecule has 1 aliphatic heterocycles. The van der Waals surface area contributed by atoms with Gasteiger partial charge in [0.05, 0.1) is 12.5 Å². The second-order valence-corrected chi connectivity index (χ2v) is 8.21. The van der Waals surface area contributed by atoms with Crippen molar-refractivity contribution in [2.75, 3.05) is 13.2 Å². The second kappa shape index (κ2) is 16.8. The van der Waals surface area contributed by atoms with Crippen LogP contribution in [0, 0.1) is 5.92 Å². The summed E-state index contributed by atoms with van der Waals surface area (Å²) in [7, 11) is 0. The molecule has 1 N–H and O–H groups in total. The molecule has 0 aromatic rings. The Morgan fingerprint density at radius 3 is 2.61 bits per heavy atom. The summed E-state index contributed by atoms with van der Waals surface area (Å²) in [5.74, 6) is -0.730. The lowest BCUT2D eigenvalue weighted by Gasteiger charge is -2.37. The van der Waals surface area contributed by atoms with Gasteiger partial charge in [0.15, 0.2) is 0 Å². The van der Waals surface area contributed by atoms with Crippen LogP contribution in [0.2, 0.25) is 0 Å². The first kappa shape index (κ1) is 27.1. The van der Waals surface area contributed by atoms with Crippen LogP contribution in [0.3, 0.4) is 0 Å². The van der Waals surface area contributed by atoms with E-state index in [2.05, 4.69) is 19.2 Å². The van der Waals surface area contributed by atoms with Gasteiger partial charge in [-0.05, 0) is 32.6 Å². The molecule has 31 heavy (non-hydrogen) atoms. The van der Waals surface area contributed by atoms with Crippen molar-refractivity contribution in [3.05, 3.63) is 12.2 Å². The molecule has 1 amide bonds. The van der Waals surface area contributed by atoms with Crippen molar-refractivity contribution in [3.63, 3.8) is 0 Å². The van der Waals surface area contributed by atoms with E-state index >= 15 is 0 Å². The van der Waals surface area contributed by atoms with Crippen LogP contribution in [0.5, 0.6) is 0 Å². The predicted octanol–water partition coefficient (Wildman–Crippen LogP) is 4.09. The summed E-state index contributed by atoms with van der Waals surface area (Å²) >= 11 is 0. The topological polar surface area (TPSA) is 90.9 Å². The molecular formula is C24H41NO6. The maximum atomic E-state index is 12.3. The predicted molar refractivity (Wildman–Crippen MR) is 119 cm³/mol. The summed E-state index contributed by atoms with van der Waals surface area (Å²) in [6.07, 6.45) is 13.2. The monoisotopic (exact) mass is 439 g/mol. The van der Waals surface area contributed by atoms with Crippen LogP contribution in [0.25, 0.3) is 0 Å². The molecule has 1 rings (SSSR count). The van der Waals surface area contributed by atoms with Crippen LogP contribution >= 0.6 is 0 Å². The van der Waals surface area contributed by atoms with Gasteiger partial charge in [-0.2, -0.15) is 0 Å². The Bertz CT molecular complexity index is 550. The number of allylic oxidation sites excluding steroid dienone is 1. The minimum atomic E-state index is -0.712. The zero-order valence-electron chi connectivity index (χ0n) is 19.5. The fourth-order valence-corrected chi connectivity index (χ4v) is 3.49. The minimum absolute atomic E-state index is 0.105. The maximum absolute atomic E-state index is 12.3. The van der Waals surface area contributed by atoms with Gasteiger partial charge in [-0.25, -0.2) is 4.79 Å². The van der Waals surface area contributed by atoms with Crippen LogP contribution in [0.4, 0.5) is 0 Å². The number of hydrogen-bond donors (Lipinski definition) is 1. The maximum Gasteiger partial charge on any atom is 0.328 e. The number of unbranched alkanes of at least 4 members (excludes halogenated alkanes) is 4. The normalized spacial score (nSPS) is 20.0. The number of ether oxygens (including phenoxy) is 3. The van der Waals surface area contributed by atoms with Gasteiger partial charge in [-0.15, -0.1) is 0 Å². The summed E-state index contributed by atoms with van der Waals surface area (Å²) in [6, 6.07) is -0.712. The molecule has 1 heterocycles. The van der Waals surface area contributed by atoms with Crippen molar-refractivity contribution in [1.29, 1.82) is 0 Å². The average molecular weight is 440 g/mol. The fraction of sp³-hybridized carbons (Fsp3) is 0.792. The summed E-state index contributed by atoms with van der Waals surface area (Å²) < 4.78 is 16.5. The standard InChI is InChI=1S/C24H41NO6/c1-4-6-8-11-14-21-22(31-24(21)28)17-20(30-23(27)19(3)25-18-26)13-10-9-12-16-29-15-7-5-2/h9,12,18-22H,4-8,10-11,13-17H2,1-3H3,(H,25,26)/b12-9+/t19-,20?,21?,22?/m0/s1. The number of carbonyl (C=O) groups excluding carboxylic acids is 3. The molecule has 0 aromatic carbocycles. The third-order valence-corrected chi connectivity index (χ3v) is 5.52. The first-order valence-corrected chi connectivity index (χ1v) is 11.9. The van der Waals surface area contributed by atoms with E-state index in [4.69, 9.17) is 14.2 Å². The van der Waals surface area contributed by atoms with E-state index in [9.17, 15) is 14.4 Å². The van der Waals surface area contributed by atoms with Gasteiger partial charge in [-0.1, -0.05) is 58.1 Å². The Balaban J connectivity index is 2.53. The van der Waals surface area contributed by atoms with E-state index < -0.39 is 12.0 Å². The fourth-order valence-electron chi connectivity index (χ4n) is 3.49. The molecule has 7 heteroatoms. The number of carbonyl (C=O) groups is 3. The highest BCUT2D eigenvalue weighted by atomic mass is 16.6. The highest BCUT2D eigenvalue weighted by Crippen LogP contribution is 2.32. The molecule has 1 saturated heterocycles. The molecule has 7 nitrogen and oxygen atoms in total. The Morgan fingerprint density at radius 2 is 1.94 bits per heavy atom. The van der Waals surface area contributed by atoms with Crippen LogP contribution < -0.4 is 5.32 Å². The van der Waals surface area contributed by atoms with Crippen LogP contribution in [0.1, 0.15) is 85.0 Å². The smallest absolute Gasteiger partial charge is 0.328 e. The van der Waals surface area contributed by atoms with E-state index in [1.165, 1.54) is 6.42 Å². The van der Waals surface area contributed by atoms with Gasteiger partial charge in [0.25, 0.3) is 0 Å². The third-order valence-electron chi connectivity index (χ3n) is 5.52. The lowest BCUT2D eigenvalue weighted by atomic mass is 9.86. The first-order valence-electron chi connectivity index (χ1n) is 11.9. The highest BCUT2D eigenvalue weighted by Gasteiger charge is 2.43. The highest BCUT2D eigenvalue weighted by molar-refractivity contribution is 5.79. The first-order chi connectivity index (χ1) is 15.0. The molecule has 3 unspecified atom stereocenters. The van der Waals surface area contributed by atoms with Gasteiger partial charge < -0.3 is 19.5 Å². The summed E-state index contributed by atoms with van der Waals surface area (Å²) in [5, 5.41) is 2.42. The Morgan fingerprint density at radius 1 is 1.16 bits per heavy atom. The van der Waals surface area contributed by atoms with Crippen LogP contribution in [-0.2, 0) is 28.6 Å². The van der Waals surface area contributed by atoms with Gasteiger partial charge in [0.2, 0.25) is 6.41 Å². The van der Waals surface area contributed by atoms with Crippen molar-refractivity contribution in [2.24, 2.45) is 5.92 Å². The van der Waals surface area contributed by atoms with Gasteiger partial charge >= 0.3 is 11.9 Å². The van der Waals surface area contributed by atoms with E-state index in [1.807, 2.05) is 12.2 Å². The molecular weight excluding hydrogens is 398 g/mol. The molecule has 4 atom stereocenters. The Hall–Kier alpha value is -1.89. The zero-order chi connectivity index (χ0) is 22.9. The Labute approximate surface area is 187 Å². The molecule has 0 aliphatic carbocycles. The lowest BCUT2D eigenvalue weighted by Crippen LogP contribution is -2.47. The summed E-state index contributed by atoms with van der Waals surface area (Å²) in [6.45, 7) is 7.20. The third kappa shape index (κ3) is 11.3. The largest absolute Gasteiger partial charge is 0.461 e. The second-order valence-electron chi connectivity index (χ2n) is 8.21. The van der Waals surface area contributed by atoms with Crippen LogP contribution in [-0.4, -0.2) is 49.8 Å².